The lowest BCUT2D eigenvalue weighted by molar-refractivity contribution is -0.137. The molecule has 3 nitrogen and oxygen atoms in total. The number of anilines is 1. The lowest BCUT2D eigenvalue weighted by atomic mass is 10.1. The Labute approximate surface area is 121 Å². The van der Waals surface area contributed by atoms with E-state index in [1.807, 2.05) is 0 Å². The minimum atomic E-state index is -4.50. The summed E-state index contributed by atoms with van der Waals surface area (Å²) in [7, 11) is 1.77. The Balaban J connectivity index is 1.97. The minimum absolute atomic E-state index is 0.356. The van der Waals surface area contributed by atoms with Gasteiger partial charge in [0.25, 0.3) is 0 Å². The number of ether oxygens (including phenoxy) is 1. The van der Waals surface area contributed by atoms with Crippen molar-refractivity contribution in [3.8, 4) is 6.07 Å². The fraction of sp³-hybridized carbons (Fsp3) is 0.533. The third kappa shape index (κ3) is 4.36. The summed E-state index contributed by atoms with van der Waals surface area (Å²) >= 11 is 0. The van der Waals surface area contributed by atoms with Crippen molar-refractivity contribution in [2.24, 2.45) is 5.92 Å². The highest BCUT2D eigenvalue weighted by Crippen LogP contribution is 2.33. The van der Waals surface area contributed by atoms with Crippen LogP contribution in [0.3, 0.4) is 0 Å². The number of alkyl halides is 3. The van der Waals surface area contributed by atoms with Crippen molar-refractivity contribution >= 4 is 5.69 Å². The molecule has 0 bridgehead atoms. The Hall–Kier alpha value is -1.74. The Morgan fingerprint density at radius 1 is 1.38 bits per heavy atom. The maximum atomic E-state index is 12.7. The molecule has 0 heterocycles. The van der Waals surface area contributed by atoms with Crippen molar-refractivity contribution in [1.82, 2.24) is 0 Å². The van der Waals surface area contributed by atoms with Crippen LogP contribution in [-0.2, 0) is 10.9 Å². The van der Waals surface area contributed by atoms with E-state index in [2.05, 4.69) is 0 Å². The van der Waals surface area contributed by atoms with E-state index in [1.54, 1.807) is 18.0 Å². The Morgan fingerprint density at radius 2 is 2.10 bits per heavy atom. The van der Waals surface area contributed by atoms with E-state index in [-0.39, 0.29) is 5.56 Å². The first-order valence-electron chi connectivity index (χ1n) is 6.82. The number of halogens is 3. The summed E-state index contributed by atoms with van der Waals surface area (Å²) in [5, 5.41) is 8.88. The molecule has 0 amide bonds. The van der Waals surface area contributed by atoms with Gasteiger partial charge >= 0.3 is 6.18 Å². The Morgan fingerprint density at radius 3 is 2.67 bits per heavy atom. The summed E-state index contributed by atoms with van der Waals surface area (Å²) in [6.45, 7) is 1.85. The van der Waals surface area contributed by atoms with Crippen molar-refractivity contribution in [3.05, 3.63) is 29.3 Å². The molecule has 21 heavy (non-hydrogen) atoms. The first-order chi connectivity index (χ1) is 9.91. The van der Waals surface area contributed by atoms with E-state index >= 15 is 0 Å². The summed E-state index contributed by atoms with van der Waals surface area (Å²) < 4.78 is 43.6. The predicted molar refractivity (Wildman–Crippen MR) is 73.0 cm³/mol. The molecule has 1 aromatic carbocycles. The van der Waals surface area contributed by atoms with E-state index in [4.69, 9.17) is 10.00 Å². The molecule has 0 aromatic heterocycles. The zero-order chi connectivity index (χ0) is 15.5. The lowest BCUT2D eigenvalue weighted by Crippen LogP contribution is -2.23. The highest BCUT2D eigenvalue weighted by Gasteiger charge is 2.33. The van der Waals surface area contributed by atoms with Crippen molar-refractivity contribution in [1.29, 1.82) is 5.26 Å². The van der Waals surface area contributed by atoms with Gasteiger partial charge in [0.1, 0.15) is 0 Å². The van der Waals surface area contributed by atoms with Crippen LogP contribution in [0.4, 0.5) is 18.9 Å². The van der Waals surface area contributed by atoms with Crippen LogP contribution in [0.25, 0.3) is 0 Å². The van der Waals surface area contributed by atoms with E-state index in [0.717, 1.165) is 12.7 Å². The maximum absolute atomic E-state index is 12.7. The summed E-state index contributed by atoms with van der Waals surface area (Å²) in [5.74, 6) is 0.687. The van der Waals surface area contributed by atoms with Gasteiger partial charge in [-0.3, -0.25) is 0 Å². The zero-order valence-electron chi connectivity index (χ0n) is 11.8. The Bertz CT molecular complexity index is 533. The average molecular weight is 298 g/mol. The molecular weight excluding hydrogens is 281 g/mol. The Kier molecular flexibility index (Phi) is 4.73. The lowest BCUT2D eigenvalue weighted by Gasteiger charge is -2.20. The molecule has 1 aliphatic rings. The van der Waals surface area contributed by atoms with Gasteiger partial charge in [-0.25, -0.2) is 0 Å². The molecule has 0 aliphatic heterocycles. The van der Waals surface area contributed by atoms with E-state index in [9.17, 15) is 13.2 Å². The van der Waals surface area contributed by atoms with Crippen LogP contribution in [0.15, 0.2) is 18.2 Å². The molecule has 6 heteroatoms. The number of benzene rings is 1. The van der Waals surface area contributed by atoms with Crippen LogP contribution in [0.5, 0.6) is 0 Å². The second-order valence-electron chi connectivity index (χ2n) is 5.28. The molecule has 0 atom stereocenters. The number of hydrogen-bond donors (Lipinski definition) is 0. The third-order valence-electron chi connectivity index (χ3n) is 3.49. The summed E-state index contributed by atoms with van der Waals surface area (Å²) in [6.07, 6.45) is -2.06. The number of rotatable bonds is 6. The zero-order valence-corrected chi connectivity index (χ0v) is 11.8. The van der Waals surface area contributed by atoms with E-state index < -0.39 is 11.7 Å². The van der Waals surface area contributed by atoms with Gasteiger partial charge < -0.3 is 9.64 Å². The molecular formula is C15H17F3N2O. The van der Waals surface area contributed by atoms with Crippen molar-refractivity contribution < 1.29 is 17.9 Å². The third-order valence-corrected chi connectivity index (χ3v) is 3.49. The van der Waals surface area contributed by atoms with Crippen molar-refractivity contribution in [2.75, 3.05) is 31.7 Å². The molecule has 1 aliphatic carbocycles. The van der Waals surface area contributed by atoms with Crippen LogP contribution in [-0.4, -0.2) is 26.8 Å². The van der Waals surface area contributed by atoms with Crippen molar-refractivity contribution in [2.45, 2.75) is 19.0 Å². The van der Waals surface area contributed by atoms with Crippen LogP contribution in [0, 0.1) is 17.2 Å². The quantitative estimate of drug-likeness (QED) is 0.755. The fourth-order valence-corrected chi connectivity index (χ4v) is 1.97. The molecule has 1 saturated carbocycles. The van der Waals surface area contributed by atoms with E-state index in [0.29, 0.717) is 24.8 Å². The molecule has 0 radical (unpaired) electrons. The van der Waals surface area contributed by atoms with Gasteiger partial charge in [-0.05, 0) is 37.0 Å². The second kappa shape index (κ2) is 6.35. The SMILES string of the molecule is CN(CCOCC1CC1)c1ccc(C(F)(F)F)c(C#N)c1. The van der Waals surface area contributed by atoms with Crippen LogP contribution >= 0.6 is 0 Å². The van der Waals surface area contributed by atoms with Crippen LogP contribution in [0.1, 0.15) is 24.0 Å². The number of hydrogen-bond acceptors (Lipinski definition) is 3. The molecule has 0 spiro atoms. The van der Waals surface area contributed by atoms with Gasteiger partial charge in [-0.2, -0.15) is 18.4 Å². The summed E-state index contributed by atoms with van der Waals surface area (Å²) in [6, 6.07) is 5.21. The molecule has 114 valence electrons. The predicted octanol–water partition coefficient (Wildman–Crippen LogP) is 3.44. The minimum Gasteiger partial charge on any atom is -0.379 e. The second-order valence-corrected chi connectivity index (χ2v) is 5.28. The molecule has 1 aromatic rings. The van der Waals surface area contributed by atoms with Gasteiger partial charge in [0, 0.05) is 25.9 Å². The number of nitriles is 1. The van der Waals surface area contributed by atoms with Gasteiger partial charge in [-0.1, -0.05) is 0 Å². The topological polar surface area (TPSA) is 36.3 Å². The smallest absolute Gasteiger partial charge is 0.379 e. The van der Waals surface area contributed by atoms with E-state index in [1.165, 1.54) is 25.0 Å². The van der Waals surface area contributed by atoms with Gasteiger partial charge in [0.2, 0.25) is 0 Å². The van der Waals surface area contributed by atoms with Crippen LogP contribution in [0.2, 0.25) is 0 Å². The van der Waals surface area contributed by atoms with Crippen LogP contribution < -0.4 is 4.90 Å². The highest BCUT2D eigenvalue weighted by molar-refractivity contribution is 5.54. The van der Waals surface area contributed by atoms with Gasteiger partial charge in [0.15, 0.2) is 0 Å². The monoisotopic (exact) mass is 298 g/mol. The number of likely N-dealkylation sites (N-methyl/N-ethyl adjacent to an activating group) is 1. The molecule has 0 N–H and O–H groups in total. The normalized spacial score (nSPS) is 14.8. The fourth-order valence-electron chi connectivity index (χ4n) is 1.97. The largest absolute Gasteiger partial charge is 0.417 e. The first kappa shape index (κ1) is 15.6. The molecule has 1 fully saturated rings. The average Bonchev–Trinajstić information content (AvgIpc) is 3.25. The number of nitrogens with zero attached hydrogens (tertiary/aromatic N) is 2. The van der Waals surface area contributed by atoms with Gasteiger partial charge in [-0.15, -0.1) is 0 Å². The van der Waals surface area contributed by atoms with Crippen molar-refractivity contribution in [3.63, 3.8) is 0 Å². The van der Waals surface area contributed by atoms with Gasteiger partial charge in [0.05, 0.1) is 23.8 Å². The molecule has 2 rings (SSSR count). The molecule has 0 unspecified atom stereocenters. The summed E-state index contributed by atoms with van der Waals surface area (Å²) in [4.78, 5) is 1.79. The standard InChI is InChI=1S/C15H17F3N2O/c1-20(6-7-21-10-11-2-3-11)13-4-5-14(15(16,17)18)12(8-13)9-19/h4-5,8,11H,2-3,6-7,10H2,1H3. The summed E-state index contributed by atoms with van der Waals surface area (Å²) in [5.41, 5.74) is -0.674. The maximum Gasteiger partial charge on any atom is 0.417 e. The molecule has 0 saturated heterocycles. The highest BCUT2D eigenvalue weighted by atomic mass is 19.4. The first-order valence-corrected chi connectivity index (χ1v) is 6.82.